The molecule has 1 fully saturated rings. The lowest BCUT2D eigenvalue weighted by atomic mass is 10.1. The number of rotatable bonds is 3. The summed E-state index contributed by atoms with van der Waals surface area (Å²) in [5, 5.41) is 8.69. The number of carbonyl (C=O) groups excluding carboxylic acids is 1. The first kappa shape index (κ1) is 10.0. The second-order valence-electron chi connectivity index (χ2n) is 3.67. The van der Waals surface area contributed by atoms with Crippen LogP contribution in [0.3, 0.4) is 0 Å². The van der Waals surface area contributed by atoms with Crippen molar-refractivity contribution in [3.63, 3.8) is 0 Å². The maximum atomic E-state index is 10.6. The van der Waals surface area contributed by atoms with Gasteiger partial charge in [0.1, 0.15) is 0 Å². The van der Waals surface area contributed by atoms with Crippen LogP contribution in [0.4, 0.5) is 0 Å². The number of hydrogen-bond acceptors (Lipinski definition) is 3. The normalized spacial score (nSPS) is 27.5. The average Bonchev–Trinajstić information content (AvgIpc) is 2.50. The Morgan fingerprint density at radius 1 is 1.69 bits per heavy atom. The second-order valence-corrected chi connectivity index (χ2v) is 3.67. The van der Waals surface area contributed by atoms with Crippen molar-refractivity contribution in [2.45, 2.75) is 25.3 Å². The van der Waals surface area contributed by atoms with Crippen LogP contribution in [-0.4, -0.2) is 30.4 Å². The van der Waals surface area contributed by atoms with Crippen LogP contribution in [0.1, 0.15) is 19.3 Å². The van der Waals surface area contributed by atoms with Crippen molar-refractivity contribution >= 4 is 5.91 Å². The largest absolute Gasteiger partial charge is 0.369 e. The summed E-state index contributed by atoms with van der Waals surface area (Å²) in [6.45, 7) is 0.294. The van der Waals surface area contributed by atoms with E-state index in [1.807, 2.05) is 11.9 Å². The quantitative estimate of drug-likeness (QED) is 0.671. The number of primary amides is 1. The molecule has 0 aliphatic heterocycles. The molecule has 2 unspecified atom stereocenters. The van der Waals surface area contributed by atoms with E-state index in [1.165, 1.54) is 0 Å². The number of nitrogens with two attached hydrogens (primary N) is 1. The zero-order chi connectivity index (χ0) is 9.84. The highest BCUT2D eigenvalue weighted by Gasteiger charge is 2.27. The summed E-state index contributed by atoms with van der Waals surface area (Å²) in [4.78, 5) is 12.6. The van der Waals surface area contributed by atoms with E-state index in [9.17, 15) is 4.79 Å². The van der Waals surface area contributed by atoms with Crippen LogP contribution >= 0.6 is 0 Å². The van der Waals surface area contributed by atoms with Gasteiger partial charge in [-0.15, -0.1) is 0 Å². The minimum absolute atomic E-state index is 0.167. The van der Waals surface area contributed by atoms with Crippen molar-refractivity contribution in [1.82, 2.24) is 4.90 Å². The molecule has 0 bridgehead atoms. The number of nitrogens with zero attached hydrogens (tertiary/aromatic N) is 2. The van der Waals surface area contributed by atoms with Gasteiger partial charge in [-0.2, -0.15) is 5.26 Å². The number of hydrogen-bond donors (Lipinski definition) is 1. The third-order valence-corrected chi connectivity index (χ3v) is 2.62. The maximum Gasteiger partial charge on any atom is 0.231 e. The van der Waals surface area contributed by atoms with Crippen LogP contribution in [-0.2, 0) is 4.79 Å². The summed E-state index contributed by atoms with van der Waals surface area (Å²) in [6, 6.07) is 2.62. The Morgan fingerprint density at radius 2 is 2.38 bits per heavy atom. The van der Waals surface area contributed by atoms with Crippen molar-refractivity contribution in [3.8, 4) is 6.07 Å². The predicted molar refractivity (Wildman–Crippen MR) is 48.6 cm³/mol. The monoisotopic (exact) mass is 181 g/mol. The van der Waals surface area contributed by atoms with Gasteiger partial charge in [0.15, 0.2) is 0 Å². The van der Waals surface area contributed by atoms with E-state index in [2.05, 4.69) is 6.07 Å². The molecule has 2 N–H and O–H groups in total. The summed E-state index contributed by atoms with van der Waals surface area (Å²) in [7, 11) is 1.88. The van der Waals surface area contributed by atoms with Gasteiger partial charge in [0.2, 0.25) is 5.91 Å². The first-order valence-corrected chi connectivity index (χ1v) is 4.51. The van der Waals surface area contributed by atoms with E-state index in [0.717, 1.165) is 19.3 Å². The fraction of sp³-hybridized carbons (Fsp3) is 0.778. The van der Waals surface area contributed by atoms with Gasteiger partial charge in [-0.1, -0.05) is 0 Å². The van der Waals surface area contributed by atoms with Gasteiger partial charge >= 0.3 is 0 Å². The molecule has 0 aromatic heterocycles. The molecule has 0 aromatic carbocycles. The standard InChI is InChI=1S/C9H15N3O/c1-12(6-9(11)13)8-3-2-7(4-8)5-10/h7-8H,2-4,6H2,1H3,(H2,11,13). The van der Waals surface area contributed by atoms with Crippen molar-refractivity contribution < 1.29 is 4.79 Å². The third kappa shape index (κ3) is 2.71. The van der Waals surface area contributed by atoms with Crippen molar-refractivity contribution in [2.75, 3.05) is 13.6 Å². The fourth-order valence-electron chi connectivity index (χ4n) is 1.85. The van der Waals surface area contributed by atoms with Crippen LogP contribution in [0.2, 0.25) is 0 Å². The molecule has 1 amide bonds. The minimum atomic E-state index is -0.303. The van der Waals surface area contributed by atoms with Gasteiger partial charge in [-0.05, 0) is 26.3 Å². The Balaban J connectivity index is 2.38. The highest BCUT2D eigenvalue weighted by Crippen LogP contribution is 2.27. The molecular formula is C9H15N3O. The van der Waals surface area contributed by atoms with E-state index >= 15 is 0 Å². The fourth-order valence-corrected chi connectivity index (χ4v) is 1.85. The van der Waals surface area contributed by atoms with Crippen LogP contribution < -0.4 is 5.73 Å². The average molecular weight is 181 g/mol. The first-order chi connectivity index (χ1) is 6.13. The Hall–Kier alpha value is -1.08. The highest BCUT2D eigenvalue weighted by atomic mass is 16.1. The molecule has 2 atom stereocenters. The lowest BCUT2D eigenvalue weighted by Gasteiger charge is -2.21. The van der Waals surface area contributed by atoms with Crippen LogP contribution in [0.15, 0.2) is 0 Å². The third-order valence-electron chi connectivity index (χ3n) is 2.62. The number of nitriles is 1. The molecule has 0 saturated heterocycles. The van der Waals surface area contributed by atoms with E-state index in [-0.39, 0.29) is 11.8 Å². The van der Waals surface area contributed by atoms with Crippen molar-refractivity contribution in [2.24, 2.45) is 11.7 Å². The van der Waals surface area contributed by atoms with Gasteiger partial charge < -0.3 is 5.73 Å². The second kappa shape index (κ2) is 4.24. The Kier molecular flexibility index (Phi) is 3.26. The van der Waals surface area contributed by atoms with Gasteiger partial charge in [-0.25, -0.2) is 0 Å². The highest BCUT2D eigenvalue weighted by molar-refractivity contribution is 5.75. The van der Waals surface area contributed by atoms with E-state index in [0.29, 0.717) is 12.6 Å². The van der Waals surface area contributed by atoms with Crippen molar-refractivity contribution in [3.05, 3.63) is 0 Å². The molecule has 4 heteroatoms. The lowest BCUT2D eigenvalue weighted by Crippen LogP contribution is -2.37. The van der Waals surface area contributed by atoms with E-state index in [1.54, 1.807) is 0 Å². The molecule has 1 saturated carbocycles. The Bertz CT molecular complexity index is 234. The Morgan fingerprint density at radius 3 is 2.85 bits per heavy atom. The van der Waals surface area contributed by atoms with Crippen molar-refractivity contribution in [1.29, 1.82) is 5.26 Å². The van der Waals surface area contributed by atoms with Gasteiger partial charge in [0, 0.05) is 12.0 Å². The summed E-state index contributed by atoms with van der Waals surface area (Å²) in [5.74, 6) is -0.136. The summed E-state index contributed by atoms with van der Waals surface area (Å²) >= 11 is 0. The molecule has 0 radical (unpaired) electrons. The molecule has 1 aliphatic rings. The van der Waals surface area contributed by atoms with Crippen LogP contribution in [0.5, 0.6) is 0 Å². The number of likely N-dealkylation sites (N-methyl/N-ethyl adjacent to an activating group) is 1. The summed E-state index contributed by atoms with van der Waals surface area (Å²) < 4.78 is 0. The molecule has 0 spiro atoms. The molecule has 0 aromatic rings. The Labute approximate surface area is 78.3 Å². The van der Waals surface area contributed by atoms with Gasteiger partial charge in [0.05, 0.1) is 12.6 Å². The molecule has 0 heterocycles. The zero-order valence-electron chi connectivity index (χ0n) is 7.86. The maximum absolute atomic E-state index is 10.6. The smallest absolute Gasteiger partial charge is 0.231 e. The molecule has 72 valence electrons. The van der Waals surface area contributed by atoms with Gasteiger partial charge in [0.25, 0.3) is 0 Å². The number of amides is 1. The van der Waals surface area contributed by atoms with Crippen LogP contribution in [0, 0.1) is 17.2 Å². The summed E-state index contributed by atoms with van der Waals surface area (Å²) in [5.41, 5.74) is 5.08. The summed E-state index contributed by atoms with van der Waals surface area (Å²) in [6.07, 6.45) is 2.83. The predicted octanol–water partition coefficient (Wildman–Crippen LogP) is 0.0958. The first-order valence-electron chi connectivity index (χ1n) is 4.51. The molecule has 1 rings (SSSR count). The topological polar surface area (TPSA) is 70.1 Å². The zero-order valence-corrected chi connectivity index (χ0v) is 7.86. The van der Waals surface area contributed by atoms with Gasteiger partial charge in [-0.3, -0.25) is 9.69 Å². The lowest BCUT2D eigenvalue weighted by molar-refractivity contribution is -0.119. The molecule has 13 heavy (non-hydrogen) atoms. The molecular weight excluding hydrogens is 166 g/mol. The molecule has 4 nitrogen and oxygen atoms in total. The van der Waals surface area contributed by atoms with E-state index in [4.69, 9.17) is 11.0 Å². The SMILES string of the molecule is CN(CC(N)=O)C1CCC(C#N)C1. The van der Waals surface area contributed by atoms with Crippen LogP contribution in [0.25, 0.3) is 0 Å². The minimum Gasteiger partial charge on any atom is -0.369 e. The number of carbonyl (C=O) groups is 1. The van der Waals surface area contributed by atoms with E-state index < -0.39 is 0 Å². The molecule has 1 aliphatic carbocycles.